The minimum absolute atomic E-state index is 0.305. The molecule has 1 heterocycles. The van der Waals surface area contributed by atoms with Gasteiger partial charge in [-0.1, -0.05) is 19.8 Å². The molecule has 0 aromatic carbocycles. The van der Waals surface area contributed by atoms with Gasteiger partial charge in [-0.25, -0.2) is 0 Å². The van der Waals surface area contributed by atoms with E-state index in [4.69, 9.17) is 4.74 Å². The number of ether oxygens (including phenoxy) is 1. The third kappa shape index (κ3) is 4.19. The maximum absolute atomic E-state index is 12.1. The van der Waals surface area contributed by atoms with Gasteiger partial charge in [0.2, 0.25) is 5.91 Å². The van der Waals surface area contributed by atoms with E-state index in [-0.39, 0.29) is 0 Å². The SMILES string of the molecule is CCC[C@@H]1CN(CCCOC)C[C@H]1NC(=O)C1CCC1. The molecule has 4 heteroatoms. The zero-order valence-corrected chi connectivity index (χ0v) is 13.1. The summed E-state index contributed by atoms with van der Waals surface area (Å²) in [6, 6.07) is 0.366. The van der Waals surface area contributed by atoms with Crippen molar-refractivity contribution in [2.24, 2.45) is 11.8 Å². The van der Waals surface area contributed by atoms with Crippen molar-refractivity contribution >= 4 is 5.91 Å². The molecule has 1 aliphatic heterocycles. The number of rotatable bonds is 8. The lowest BCUT2D eigenvalue weighted by Crippen LogP contribution is -2.45. The van der Waals surface area contributed by atoms with E-state index in [1.165, 1.54) is 19.3 Å². The molecule has 20 heavy (non-hydrogen) atoms. The van der Waals surface area contributed by atoms with Crippen LogP contribution >= 0.6 is 0 Å². The predicted molar refractivity (Wildman–Crippen MR) is 80.6 cm³/mol. The first-order valence-electron chi connectivity index (χ1n) is 8.26. The number of methoxy groups -OCH3 is 1. The van der Waals surface area contributed by atoms with Gasteiger partial charge in [-0.15, -0.1) is 0 Å². The number of hydrogen-bond acceptors (Lipinski definition) is 3. The first kappa shape index (κ1) is 15.8. The maximum Gasteiger partial charge on any atom is 0.223 e. The smallest absolute Gasteiger partial charge is 0.223 e. The summed E-state index contributed by atoms with van der Waals surface area (Å²) < 4.78 is 5.12. The summed E-state index contributed by atoms with van der Waals surface area (Å²) in [4.78, 5) is 14.6. The van der Waals surface area contributed by atoms with Crippen molar-refractivity contribution in [1.82, 2.24) is 10.2 Å². The molecular weight excluding hydrogens is 252 g/mol. The average molecular weight is 282 g/mol. The highest BCUT2D eigenvalue weighted by molar-refractivity contribution is 5.79. The van der Waals surface area contributed by atoms with E-state index in [1.807, 2.05) is 0 Å². The molecule has 2 aliphatic rings. The summed E-state index contributed by atoms with van der Waals surface area (Å²) in [6.07, 6.45) is 6.91. The summed E-state index contributed by atoms with van der Waals surface area (Å²) in [6.45, 7) is 6.30. The van der Waals surface area contributed by atoms with Crippen LogP contribution in [0.1, 0.15) is 45.4 Å². The van der Waals surface area contributed by atoms with Gasteiger partial charge in [-0.3, -0.25) is 4.79 Å². The molecule has 2 fully saturated rings. The van der Waals surface area contributed by atoms with E-state index >= 15 is 0 Å². The maximum atomic E-state index is 12.1. The minimum atomic E-state index is 0.305. The Labute approximate surface area is 123 Å². The number of likely N-dealkylation sites (tertiary alicyclic amines) is 1. The van der Waals surface area contributed by atoms with Crippen molar-refractivity contribution < 1.29 is 9.53 Å². The zero-order chi connectivity index (χ0) is 14.4. The number of nitrogens with zero attached hydrogens (tertiary/aromatic N) is 1. The second-order valence-electron chi connectivity index (χ2n) is 6.40. The molecule has 0 aromatic heterocycles. The first-order chi connectivity index (χ1) is 9.74. The molecule has 1 aliphatic carbocycles. The van der Waals surface area contributed by atoms with Crippen LogP contribution in [0.2, 0.25) is 0 Å². The lowest BCUT2D eigenvalue weighted by Gasteiger charge is -2.27. The van der Waals surface area contributed by atoms with Crippen molar-refractivity contribution in [3.05, 3.63) is 0 Å². The third-order valence-electron chi connectivity index (χ3n) is 4.80. The third-order valence-corrected chi connectivity index (χ3v) is 4.80. The van der Waals surface area contributed by atoms with Gasteiger partial charge < -0.3 is 15.0 Å². The molecule has 0 unspecified atom stereocenters. The van der Waals surface area contributed by atoms with Crippen molar-refractivity contribution in [3.8, 4) is 0 Å². The first-order valence-corrected chi connectivity index (χ1v) is 8.26. The zero-order valence-electron chi connectivity index (χ0n) is 13.1. The van der Waals surface area contributed by atoms with Crippen LogP contribution in [0.15, 0.2) is 0 Å². The normalized spacial score (nSPS) is 27.5. The van der Waals surface area contributed by atoms with Gasteiger partial charge in [0, 0.05) is 45.3 Å². The highest BCUT2D eigenvalue weighted by Crippen LogP contribution is 2.28. The Morgan fingerprint density at radius 1 is 1.35 bits per heavy atom. The molecule has 2 atom stereocenters. The Kier molecular flexibility index (Phi) is 6.30. The Balaban J connectivity index is 1.79. The monoisotopic (exact) mass is 282 g/mol. The minimum Gasteiger partial charge on any atom is -0.385 e. The molecular formula is C16H30N2O2. The van der Waals surface area contributed by atoms with Gasteiger partial charge in [0.25, 0.3) is 0 Å². The highest BCUT2D eigenvalue weighted by Gasteiger charge is 2.35. The Hall–Kier alpha value is -0.610. The van der Waals surface area contributed by atoms with Gasteiger partial charge in [0.15, 0.2) is 0 Å². The van der Waals surface area contributed by atoms with E-state index in [1.54, 1.807) is 7.11 Å². The van der Waals surface area contributed by atoms with E-state index in [0.717, 1.165) is 45.5 Å². The molecule has 1 saturated heterocycles. The lowest BCUT2D eigenvalue weighted by atomic mass is 9.84. The number of amides is 1. The van der Waals surface area contributed by atoms with E-state index in [0.29, 0.717) is 23.8 Å². The van der Waals surface area contributed by atoms with Crippen LogP contribution in [-0.4, -0.2) is 50.2 Å². The molecule has 0 bridgehead atoms. The van der Waals surface area contributed by atoms with E-state index in [2.05, 4.69) is 17.1 Å². The lowest BCUT2D eigenvalue weighted by molar-refractivity contribution is -0.128. The van der Waals surface area contributed by atoms with Gasteiger partial charge in [0.05, 0.1) is 0 Å². The standard InChI is InChI=1S/C16H30N2O2/c1-3-6-14-11-18(9-5-10-20-2)12-15(14)17-16(19)13-7-4-8-13/h13-15H,3-12H2,1-2H3,(H,17,19)/t14-,15-/m1/s1. The fourth-order valence-corrected chi connectivity index (χ4v) is 3.37. The second-order valence-corrected chi connectivity index (χ2v) is 6.40. The van der Waals surface area contributed by atoms with Crippen LogP contribution in [0.4, 0.5) is 0 Å². The number of carbonyl (C=O) groups excluding carboxylic acids is 1. The van der Waals surface area contributed by atoms with Crippen LogP contribution in [0.5, 0.6) is 0 Å². The highest BCUT2D eigenvalue weighted by atomic mass is 16.5. The second kappa shape index (κ2) is 7.99. The van der Waals surface area contributed by atoms with Crippen molar-refractivity contribution in [2.45, 2.75) is 51.5 Å². The predicted octanol–water partition coefficient (Wildman–Crippen LogP) is 2.04. The van der Waals surface area contributed by atoms with Gasteiger partial charge in [0.1, 0.15) is 0 Å². The van der Waals surface area contributed by atoms with Crippen molar-refractivity contribution in [1.29, 1.82) is 0 Å². The number of carbonyl (C=O) groups is 1. The van der Waals surface area contributed by atoms with Crippen molar-refractivity contribution in [2.75, 3.05) is 33.4 Å². The molecule has 0 radical (unpaired) electrons. The molecule has 0 aromatic rings. The Morgan fingerprint density at radius 2 is 2.15 bits per heavy atom. The van der Waals surface area contributed by atoms with Crippen LogP contribution < -0.4 is 5.32 Å². The summed E-state index contributed by atoms with van der Waals surface area (Å²) in [7, 11) is 1.76. The summed E-state index contributed by atoms with van der Waals surface area (Å²) in [5.41, 5.74) is 0. The van der Waals surface area contributed by atoms with E-state index < -0.39 is 0 Å². The molecule has 2 rings (SSSR count). The Morgan fingerprint density at radius 3 is 2.75 bits per heavy atom. The average Bonchev–Trinajstić information content (AvgIpc) is 2.70. The molecule has 0 spiro atoms. The molecule has 1 amide bonds. The molecule has 1 saturated carbocycles. The van der Waals surface area contributed by atoms with Crippen LogP contribution in [-0.2, 0) is 9.53 Å². The fraction of sp³-hybridized carbons (Fsp3) is 0.938. The van der Waals surface area contributed by atoms with Crippen LogP contribution in [0.25, 0.3) is 0 Å². The van der Waals surface area contributed by atoms with Gasteiger partial charge >= 0.3 is 0 Å². The topological polar surface area (TPSA) is 41.6 Å². The van der Waals surface area contributed by atoms with Gasteiger partial charge in [-0.05, 0) is 31.6 Å². The number of nitrogens with one attached hydrogen (secondary N) is 1. The summed E-state index contributed by atoms with van der Waals surface area (Å²) in [5, 5.41) is 3.32. The number of hydrogen-bond donors (Lipinski definition) is 1. The quantitative estimate of drug-likeness (QED) is 0.693. The van der Waals surface area contributed by atoms with E-state index in [9.17, 15) is 4.79 Å². The summed E-state index contributed by atoms with van der Waals surface area (Å²) >= 11 is 0. The molecule has 116 valence electrons. The van der Waals surface area contributed by atoms with Crippen molar-refractivity contribution in [3.63, 3.8) is 0 Å². The molecule has 4 nitrogen and oxygen atoms in total. The Bertz CT molecular complexity index is 305. The fourth-order valence-electron chi connectivity index (χ4n) is 3.37. The van der Waals surface area contributed by atoms with Gasteiger partial charge in [-0.2, -0.15) is 0 Å². The van der Waals surface area contributed by atoms with Crippen LogP contribution in [0, 0.1) is 11.8 Å². The largest absolute Gasteiger partial charge is 0.385 e. The molecule has 1 N–H and O–H groups in total. The summed E-state index contributed by atoms with van der Waals surface area (Å²) in [5.74, 6) is 1.24. The van der Waals surface area contributed by atoms with Crippen LogP contribution in [0.3, 0.4) is 0 Å².